The van der Waals surface area contributed by atoms with Crippen LogP contribution in [0.4, 0.5) is 5.69 Å². The molecule has 22 heavy (non-hydrogen) atoms. The van der Waals surface area contributed by atoms with Gasteiger partial charge in [0, 0.05) is 17.7 Å². The van der Waals surface area contributed by atoms with E-state index in [-0.39, 0.29) is 17.9 Å². The molecule has 1 aromatic carbocycles. The summed E-state index contributed by atoms with van der Waals surface area (Å²) in [6, 6.07) is 4.83. The van der Waals surface area contributed by atoms with Gasteiger partial charge in [-0.25, -0.2) is 4.79 Å². The van der Waals surface area contributed by atoms with Crippen molar-refractivity contribution in [3.63, 3.8) is 0 Å². The minimum Gasteiger partial charge on any atom is -0.478 e. The summed E-state index contributed by atoms with van der Waals surface area (Å²) < 4.78 is 5.05. The predicted octanol–water partition coefficient (Wildman–Crippen LogP) is 2.87. The number of carboxylic acids is 1. The molecule has 2 N–H and O–H groups in total. The highest BCUT2D eigenvalue weighted by molar-refractivity contribution is 5.94. The first kappa shape index (κ1) is 15.8. The summed E-state index contributed by atoms with van der Waals surface area (Å²) in [5, 5.41) is 15.6. The molecular weight excluding hydrogens is 284 g/mol. The van der Waals surface area contributed by atoms with Crippen LogP contribution in [0.3, 0.4) is 0 Å². The second kappa shape index (κ2) is 6.43. The molecule has 0 atom stereocenters. The highest BCUT2D eigenvalue weighted by Crippen LogP contribution is 2.17. The molecule has 0 spiro atoms. The van der Waals surface area contributed by atoms with Crippen molar-refractivity contribution in [2.75, 3.05) is 5.32 Å². The number of carbonyl (C=O) groups is 2. The second-order valence-electron chi connectivity index (χ2n) is 5.19. The van der Waals surface area contributed by atoms with Gasteiger partial charge in [-0.05, 0) is 44.9 Å². The second-order valence-corrected chi connectivity index (χ2v) is 5.19. The highest BCUT2D eigenvalue weighted by atomic mass is 16.5. The molecule has 116 valence electrons. The van der Waals surface area contributed by atoms with E-state index in [0.29, 0.717) is 23.4 Å². The molecule has 0 saturated carbocycles. The molecule has 0 fully saturated rings. The van der Waals surface area contributed by atoms with Gasteiger partial charge in [0.25, 0.3) is 0 Å². The van der Waals surface area contributed by atoms with Crippen molar-refractivity contribution >= 4 is 17.6 Å². The Hall–Kier alpha value is -2.63. The average Bonchev–Trinajstić information content (AvgIpc) is 2.77. The van der Waals surface area contributed by atoms with E-state index in [9.17, 15) is 9.59 Å². The maximum atomic E-state index is 12.0. The minimum atomic E-state index is -1.01. The fourth-order valence-corrected chi connectivity index (χ4v) is 2.25. The van der Waals surface area contributed by atoms with Gasteiger partial charge in [-0.3, -0.25) is 4.79 Å². The van der Waals surface area contributed by atoms with E-state index >= 15 is 0 Å². The fraction of sp³-hybridized carbons (Fsp3) is 0.312. The number of aryl methyl sites for hydroxylation is 3. The van der Waals surface area contributed by atoms with Crippen LogP contribution in [-0.2, 0) is 11.2 Å². The zero-order valence-corrected chi connectivity index (χ0v) is 12.8. The third-order valence-electron chi connectivity index (χ3n) is 3.54. The Kier molecular flexibility index (Phi) is 4.60. The molecule has 2 rings (SSSR count). The Labute approximate surface area is 128 Å². The van der Waals surface area contributed by atoms with Gasteiger partial charge < -0.3 is 14.9 Å². The third kappa shape index (κ3) is 3.52. The van der Waals surface area contributed by atoms with Crippen molar-refractivity contribution in [1.29, 1.82) is 0 Å². The Morgan fingerprint density at radius 1 is 1.27 bits per heavy atom. The van der Waals surface area contributed by atoms with Crippen molar-refractivity contribution in [2.45, 2.75) is 33.6 Å². The first-order chi connectivity index (χ1) is 10.4. The van der Waals surface area contributed by atoms with Crippen molar-refractivity contribution < 1.29 is 19.2 Å². The quantitative estimate of drug-likeness (QED) is 0.886. The lowest BCUT2D eigenvalue weighted by Gasteiger charge is -2.08. The van der Waals surface area contributed by atoms with Crippen LogP contribution in [0.1, 0.15) is 39.4 Å². The first-order valence-corrected chi connectivity index (χ1v) is 6.94. The summed E-state index contributed by atoms with van der Waals surface area (Å²) >= 11 is 0. The number of amides is 1. The summed E-state index contributed by atoms with van der Waals surface area (Å²) in [6.45, 7) is 5.36. The summed E-state index contributed by atoms with van der Waals surface area (Å²) in [7, 11) is 0. The maximum absolute atomic E-state index is 12.0. The number of hydrogen-bond donors (Lipinski definition) is 2. The molecule has 0 bridgehead atoms. The number of nitrogens with one attached hydrogen (secondary N) is 1. The van der Waals surface area contributed by atoms with Crippen molar-refractivity contribution in [2.24, 2.45) is 0 Å². The molecule has 0 radical (unpaired) electrons. The van der Waals surface area contributed by atoms with Gasteiger partial charge in [-0.15, -0.1) is 0 Å². The largest absolute Gasteiger partial charge is 0.478 e. The van der Waals surface area contributed by atoms with Crippen LogP contribution in [0.5, 0.6) is 0 Å². The fourth-order valence-electron chi connectivity index (χ4n) is 2.25. The lowest BCUT2D eigenvalue weighted by Crippen LogP contribution is -2.13. The van der Waals surface area contributed by atoms with E-state index in [1.54, 1.807) is 19.1 Å². The monoisotopic (exact) mass is 302 g/mol. The number of benzene rings is 1. The molecule has 0 unspecified atom stereocenters. The summed E-state index contributed by atoms with van der Waals surface area (Å²) in [5.74, 6) is -0.474. The van der Waals surface area contributed by atoms with E-state index < -0.39 is 5.97 Å². The van der Waals surface area contributed by atoms with Gasteiger partial charge in [-0.1, -0.05) is 11.2 Å². The van der Waals surface area contributed by atoms with Gasteiger partial charge in [0.15, 0.2) is 0 Å². The number of carboxylic acid groups (broad SMARTS) is 1. The van der Waals surface area contributed by atoms with Crippen LogP contribution in [0.2, 0.25) is 0 Å². The standard InChI is InChI=1S/C16H18N2O4/c1-9-4-5-12(8-14(9)16(20)21)17-15(19)7-6-13-10(2)18-22-11(13)3/h4-5,8H,6-7H2,1-3H3,(H,17,19)(H,20,21). The number of rotatable bonds is 5. The Bertz CT molecular complexity index is 699. The lowest BCUT2D eigenvalue weighted by atomic mass is 10.1. The van der Waals surface area contributed by atoms with Crippen molar-refractivity contribution in [1.82, 2.24) is 5.16 Å². The SMILES string of the molecule is Cc1ccc(NC(=O)CCc2c(C)noc2C)cc1C(=O)O. The van der Waals surface area contributed by atoms with Gasteiger partial charge in [0.1, 0.15) is 5.76 Å². The van der Waals surface area contributed by atoms with Gasteiger partial charge in [0.2, 0.25) is 5.91 Å². The molecule has 2 aromatic rings. The maximum Gasteiger partial charge on any atom is 0.336 e. The van der Waals surface area contributed by atoms with Crippen LogP contribution in [0.25, 0.3) is 0 Å². The third-order valence-corrected chi connectivity index (χ3v) is 3.54. The molecule has 6 nitrogen and oxygen atoms in total. The highest BCUT2D eigenvalue weighted by Gasteiger charge is 2.12. The number of carbonyl (C=O) groups excluding carboxylic acids is 1. The molecule has 0 saturated heterocycles. The van der Waals surface area contributed by atoms with Gasteiger partial charge in [-0.2, -0.15) is 0 Å². The molecular formula is C16H18N2O4. The van der Waals surface area contributed by atoms with Gasteiger partial charge in [0.05, 0.1) is 11.3 Å². The van der Waals surface area contributed by atoms with E-state index in [1.165, 1.54) is 6.07 Å². The smallest absolute Gasteiger partial charge is 0.336 e. The van der Waals surface area contributed by atoms with E-state index in [2.05, 4.69) is 10.5 Å². The van der Waals surface area contributed by atoms with E-state index in [4.69, 9.17) is 9.63 Å². The normalized spacial score (nSPS) is 10.5. The topological polar surface area (TPSA) is 92.4 Å². The predicted molar refractivity (Wildman–Crippen MR) is 81.1 cm³/mol. The van der Waals surface area contributed by atoms with Crippen LogP contribution < -0.4 is 5.32 Å². The van der Waals surface area contributed by atoms with Gasteiger partial charge >= 0.3 is 5.97 Å². The molecule has 0 aliphatic carbocycles. The zero-order valence-electron chi connectivity index (χ0n) is 12.8. The minimum absolute atomic E-state index is 0.180. The number of nitrogens with zero attached hydrogens (tertiary/aromatic N) is 1. The number of hydrogen-bond acceptors (Lipinski definition) is 4. The van der Waals surface area contributed by atoms with Crippen LogP contribution in [-0.4, -0.2) is 22.1 Å². The molecule has 1 aromatic heterocycles. The van der Waals surface area contributed by atoms with Crippen LogP contribution in [0, 0.1) is 20.8 Å². The molecule has 0 aliphatic heterocycles. The molecule has 1 amide bonds. The summed E-state index contributed by atoms with van der Waals surface area (Å²) in [6.07, 6.45) is 0.809. The van der Waals surface area contributed by atoms with Crippen molar-refractivity contribution in [3.05, 3.63) is 46.3 Å². The summed E-state index contributed by atoms with van der Waals surface area (Å²) in [5.41, 5.74) is 3.04. The first-order valence-electron chi connectivity index (χ1n) is 6.94. The lowest BCUT2D eigenvalue weighted by molar-refractivity contribution is -0.116. The summed E-state index contributed by atoms with van der Waals surface area (Å²) in [4.78, 5) is 23.1. The Morgan fingerprint density at radius 3 is 2.59 bits per heavy atom. The van der Waals surface area contributed by atoms with Crippen molar-refractivity contribution in [3.8, 4) is 0 Å². The number of aromatic nitrogens is 1. The average molecular weight is 302 g/mol. The zero-order chi connectivity index (χ0) is 16.3. The Balaban J connectivity index is 2.01. The Morgan fingerprint density at radius 2 is 2.00 bits per heavy atom. The van der Waals surface area contributed by atoms with Crippen LogP contribution >= 0.6 is 0 Å². The van der Waals surface area contributed by atoms with E-state index in [0.717, 1.165) is 11.3 Å². The number of anilines is 1. The molecule has 0 aliphatic rings. The van der Waals surface area contributed by atoms with E-state index in [1.807, 2.05) is 13.8 Å². The molecule has 6 heteroatoms. The molecule has 1 heterocycles. The van der Waals surface area contributed by atoms with Crippen LogP contribution in [0.15, 0.2) is 22.7 Å². The number of aromatic carboxylic acids is 1.